The fraction of sp³-hybridized carbons (Fsp3) is 0.500. The van der Waals surface area contributed by atoms with Crippen LogP contribution in [0.2, 0.25) is 0 Å². The Labute approximate surface area is 71.1 Å². The van der Waals surface area contributed by atoms with Gasteiger partial charge in [-0.2, -0.15) is 5.10 Å². The summed E-state index contributed by atoms with van der Waals surface area (Å²) in [5, 5.41) is 3.84. The molecule has 0 atom stereocenters. The zero-order chi connectivity index (χ0) is 9.19. The van der Waals surface area contributed by atoms with Crippen LogP contribution in [-0.2, 0) is 16.4 Å². The molecule has 0 unspecified atom stereocenters. The highest BCUT2D eigenvalue weighted by atomic mass is 32.2. The molecule has 1 heterocycles. The maximum Gasteiger partial charge on any atom is 0.149 e. The number of rotatable bonds is 3. The minimum Gasteiger partial charge on any atom is -0.382 e. The van der Waals surface area contributed by atoms with Crippen LogP contribution in [0.1, 0.15) is 0 Å². The summed E-state index contributed by atoms with van der Waals surface area (Å²) in [6.07, 6.45) is 2.85. The quantitative estimate of drug-likeness (QED) is 0.696. The highest BCUT2D eigenvalue weighted by Gasteiger charge is 2.02. The highest BCUT2D eigenvalue weighted by Crippen LogP contribution is 1.96. The maximum absolute atomic E-state index is 10.7. The second-order valence-corrected chi connectivity index (χ2v) is 4.89. The second kappa shape index (κ2) is 3.14. The molecule has 12 heavy (non-hydrogen) atoms. The molecule has 0 fully saturated rings. The van der Waals surface area contributed by atoms with Gasteiger partial charge in [-0.05, 0) is 6.07 Å². The Bertz CT molecular complexity index is 355. The molecule has 0 saturated heterocycles. The summed E-state index contributed by atoms with van der Waals surface area (Å²) < 4.78 is 23.0. The normalized spacial score (nSPS) is 11.8. The zero-order valence-electron chi connectivity index (χ0n) is 6.77. The lowest BCUT2D eigenvalue weighted by Gasteiger charge is -1.98. The second-order valence-electron chi connectivity index (χ2n) is 2.63. The summed E-state index contributed by atoms with van der Waals surface area (Å²) in [5.41, 5.74) is 5.34. The third-order valence-electron chi connectivity index (χ3n) is 1.35. The molecule has 0 saturated carbocycles. The minimum absolute atomic E-state index is 0.0914. The summed E-state index contributed by atoms with van der Waals surface area (Å²) in [6.45, 7) is 0.357. The van der Waals surface area contributed by atoms with Crippen molar-refractivity contribution in [3.05, 3.63) is 12.3 Å². The fourth-order valence-corrected chi connectivity index (χ4v) is 1.28. The van der Waals surface area contributed by atoms with E-state index in [0.29, 0.717) is 12.4 Å². The van der Waals surface area contributed by atoms with Gasteiger partial charge in [0, 0.05) is 12.5 Å². The molecule has 0 amide bonds. The number of nitrogens with two attached hydrogens (primary N) is 1. The van der Waals surface area contributed by atoms with Gasteiger partial charge in [0.2, 0.25) is 0 Å². The number of hydrogen-bond donors (Lipinski definition) is 1. The summed E-state index contributed by atoms with van der Waals surface area (Å²) >= 11 is 0. The zero-order valence-corrected chi connectivity index (χ0v) is 7.58. The third-order valence-corrected chi connectivity index (χ3v) is 2.28. The van der Waals surface area contributed by atoms with Gasteiger partial charge in [0.15, 0.2) is 0 Å². The van der Waals surface area contributed by atoms with E-state index in [1.54, 1.807) is 12.3 Å². The van der Waals surface area contributed by atoms with Crippen LogP contribution in [0.4, 0.5) is 5.82 Å². The first-order valence-corrected chi connectivity index (χ1v) is 5.50. The molecule has 6 heteroatoms. The van der Waals surface area contributed by atoms with E-state index in [4.69, 9.17) is 5.73 Å². The fourth-order valence-electron chi connectivity index (χ4n) is 0.761. The molecule has 1 rings (SSSR count). The van der Waals surface area contributed by atoms with E-state index in [1.807, 2.05) is 0 Å². The molecule has 0 aromatic carbocycles. The first-order valence-electron chi connectivity index (χ1n) is 3.44. The molecule has 2 N–H and O–H groups in total. The van der Waals surface area contributed by atoms with Crippen LogP contribution in [0.5, 0.6) is 0 Å². The smallest absolute Gasteiger partial charge is 0.149 e. The summed E-state index contributed by atoms with van der Waals surface area (Å²) in [7, 11) is -2.91. The molecular formula is C6H11N3O2S. The van der Waals surface area contributed by atoms with E-state index in [-0.39, 0.29) is 5.75 Å². The van der Waals surface area contributed by atoms with Gasteiger partial charge in [0.25, 0.3) is 0 Å². The van der Waals surface area contributed by atoms with Crippen LogP contribution < -0.4 is 5.73 Å². The predicted octanol–water partition coefficient (Wildman–Crippen LogP) is -0.490. The number of aryl methyl sites for hydroxylation is 1. The number of sulfone groups is 1. The third kappa shape index (κ3) is 2.91. The Hall–Kier alpha value is -1.04. The van der Waals surface area contributed by atoms with Gasteiger partial charge in [0.05, 0.1) is 12.3 Å². The lowest BCUT2D eigenvalue weighted by molar-refractivity contribution is 0.586. The molecule has 68 valence electrons. The van der Waals surface area contributed by atoms with Gasteiger partial charge in [-0.15, -0.1) is 0 Å². The summed E-state index contributed by atoms with van der Waals surface area (Å²) in [6, 6.07) is 1.63. The maximum atomic E-state index is 10.7. The first kappa shape index (κ1) is 9.05. The molecule has 0 radical (unpaired) electrons. The molecule has 1 aromatic heterocycles. The van der Waals surface area contributed by atoms with Gasteiger partial charge >= 0.3 is 0 Å². The van der Waals surface area contributed by atoms with Crippen molar-refractivity contribution in [3.63, 3.8) is 0 Å². The predicted molar refractivity (Wildman–Crippen MR) is 46.4 cm³/mol. The molecule has 0 spiro atoms. The molecule has 1 aromatic rings. The van der Waals surface area contributed by atoms with Crippen LogP contribution in [0.3, 0.4) is 0 Å². The van der Waals surface area contributed by atoms with E-state index in [2.05, 4.69) is 5.10 Å². The number of nitrogens with zero attached hydrogens (tertiary/aromatic N) is 2. The van der Waals surface area contributed by atoms with Crippen molar-refractivity contribution < 1.29 is 8.42 Å². The van der Waals surface area contributed by atoms with E-state index in [1.165, 1.54) is 10.9 Å². The Morgan fingerprint density at radius 1 is 1.67 bits per heavy atom. The van der Waals surface area contributed by atoms with Crippen molar-refractivity contribution in [1.29, 1.82) is 0 Å². The number of nitrogen functional groups attached to an aromatic ring is 1. The van der Waals surface area contributed by atoms with Crippen LogP contribution >= 0.6 is 0 Å². The molecule has 0 aliphatic heterocycles. The van der Waals surface area contributed by atoms with Crippen molar-refractivity contribution in [2.24, 2.45) is 0 Å². The number of anilines is 1. The molecule has 0 bridgehead atoms. The van der Waals surface area contributed by atoms with Gasteiger partial charge in [-0.1, -0.05) is 0 Å². The minimum atomic E-state index is -2.91. The van der Waals surface area contributed by atoms with Gasteiger partial charge in [-0.3, -0.25) is 4.68 Å². The van der Waals surface area contributed by atoms with E-state index >= 15 is 0 Å². The van der Waals surface area contributed by atoms with Crippen molar-refractivity contribution >= 4 is 15.7 Å². The van der Waals surface area contributed by atoms with Crippen molar-refractivity contribution in [1.82, 2.24) is 9.78 Å². The molecular weight excluding hydrogens is 178 g/mol. The molecule has 0 aliphatic carbocycles. The summed E-state index contributed by atoms with van der Waals surface area (Å²) in [5.74, 6) is 0.497. The summed E-state index contributed by atoms with van der Waals surface area (Å²) in [4.78, 5) is 0. The lowest BCUT2D eigenvalue weighted by Crippen LogP contribution is -2.11. The Morgan fingerprint density at radius 2 is 2.33 bits per heavy atom. The Balaban J connectivity index is 2.55. The van der Waals surface area contributed by atoms with E-state index < -0.39 is 9.84 Å². The molecule has 0 aliphatic rings. The number of hydrogen-bond acceptors (Lipinski definition) is 4. The Kier molecular flexibility index (Phi) is 2.37. The van der Waals surface area contributed by atoms with Gasteiger partial charge < -0.3 is 5.73 Å². The molecule has 5 nitrogen and oxygen atoms in total. The first-order chi connectivity index (χ1) is 5.47. The largest absolute Gasteiger partial charge is 0.382 e. The van der Waals surface area contributed by atoms with E-state index in [0.717, 1.165) is 0 Å². The topological polar surface area (TPSA) is 78.0 Å². The highest BCUT2D eigenvalue weighted by molar-refractivity contribution is 7.90. The lowest BCUT2D eigenvalue weighted by atomic mass is 10.7. The number of aromatic nitrogens is 2. The van der Waals surface area contributed by atoms with Crippen molar-refractivity contribution in [3.8, 4) is 0 Å². The average molecular weight is 189 g/mol. The van der Waals surface area contributed by atoms with Crippen molar-refractivity contribution in [2.45, 2.75) is 6.54 Å². The van der Waals surface area contributed by atoms with Crippen LogP contribution in [0.15, 0.2) is 12.3 Å². The SMILES string of the molecule is CS(=O)(=O)CCn1ccc(N)n1. The van der Waals surface area contributed by atoms with Crippen molar-refractivity contribution in [2.75, 3.05) is 17.7 Å². The van der Waals surface area contributed by atoms with Crippen LogP contribution in [0, 0.1) is 0 Å². The Morgan fingerprint density at radius 3 is 2.75 bits per heavy atom. The van der Waals surface area contributed by atoms with Crippen LogP contribution in [0.25, 0.3) is 0 Å². The van der Waals surface area contributed by atoms with E-state index in [9.17, 15) is 8.42 Å². The van der Waals surface area contributed by atoms with Crippen LogP contribution in [-0.4, -0.2) is 30.2 Å². The standard InChI is InChI=1S/C6H11N3O2S/c1-12(10,11)5-4-9-3-2-6(7)8-9/h2-3H,4-5H2,1H3,(H2,7,8). The van der Waals surface area contributed by atoms with Gasteiger partial charge in [0.1, 0.15) is 15.7 Å². The monoisotopic (exact) mass is 189 g/mol. The van der Waals surface area contributed by atoms with Gasteiger partial charge in [-0.25, -0.2) is 8.42 Å². The average Bonchev–Trinajstić information content (AvgIpc) is 2.30.